The number of aromatic nitrogens is 2. The van der Waals surface area contributed by atoms with E-state index >= 15 is 0 Å². The van der Waals surface area contributed by atoms with Crippen molar-refractivity contribution in [2.24, 2.45) is 0 Å². The molecule has 0 atom stereocenters. The van der Waals surface area contributed by atoms with Crippen LogP contribution in [0.2, 0.25) is 0 Å². The van der Waals surface area contributed by atoms with Crippen molar-refractivity contribution in [2.75, 3.05) is 13.1 Å². The summed E-state index contributed by atoms with van der Waals surface area (Å²) >= 11 is 1.63. The van der Waals surface area contributed by atoms with E-state index in [0.29, 0.717) is 0 Å². The minimum Gasteiger partial charge on any atom is -0.297 e. The van der Waals surface area contributed by atoms with Crippen LogP contribution >= 0.6 is 11.3 Å². The van der Waals surface area contributed by atoms with Crippen molar-refractivity contribution >= 4 is 16.3 Å². The van der Waals surface area contributed by atoms with Gasteiger partial charge in [0.05, 0.1) is 10.6 Å². The fraction of sp³-hybridized carbons (Fsp3) is 0.278. The molecule has 3 aromatic rings. The maximum absolute atomic E-state index is 13.0. The van der Waals surface area contributed by atoms with Crippen LogP contribution < -0.4 is 0 Å². The monoisotopic (exact) mass is 325 g/mol. The molecule has 2 aromatic heterocycles. The Morgan fingerprint density at radius 2 is 1.83 bits per heavy atom. The topological polar surface area (TPSA) is 20.5 Å². The molecule has 0 radical (unpaired) electrons. The molecular weight excluding hydrogens is 309 g/mol. The highest BCUT2D eigenvalue weighted by Gasteiger charge is 2.12. The minimum atomic E-state index is -0.209. The zero-order chi connectivity index (χ0) is 15.6. The minimum absolute atomic E-state index is 0.209. The molecule has 0 saturated heterocycles. The van der Waals surface area contributed by atoms with Crippen LogP contribution in [0.5, 0.6) is 0 Å². The first-order valence-electron chi connectivity index (χ1n) is 7.69. The van der Waals surface area contributed by atoms with Gasteiger partial charge in [0.25, 0.3) is 0 Å². The number of benzene rings is 1. The zero-order valence-corrected chi connectivity index (χ0v) is 13.4. The van der Waals surface area contributed by atoms with Crippen molar-refractivity contribution in [3.8, 4) is 22.3 Å². The Balaban J connectivity index is 1.53. The predicted octanol–water partition coefficient (Wildman–Crippen LogP) is 3.80. The van der Waals surface area contributed by atoms with Crippen molar-refractivity contribution < 1.29 is 4.39 Å². The molecule has 0 saturated carbocycles. The van der Waals surface area contributed by atoms with Crippen molar-refractivity contribution in [1.82, 2.24) is 14.3 Å². The van der Waals surface area contributed by atoms with Gasteiger partial charge in [0.15, 0.2) is 4.96 Å². The first-order chi connectivity index (χ1) is 11.3. The number of fused-ring (bicyclic) bond motifs is 1. The average Bonchev–Trinajstić information content (AvgIpc) is 2.98. The maximum atomic E-state index is 13.0. The summed E-state index contributed by atoms with van der Waals surface area (Å²) in [6.45, 7) is 2.89. The fourth-order valence-electron chi connectivity index (χ4n) is 2.77. The summed E-state index contributed by atoms with van der Waals surface area (Å²) in [6, 6.07) is 6.59. The van der Waals surface area contributed by atoms with E-state index in [2.05, 4.69) is 33.5 Å². The number of halogens is 1. The van der Waals surface area contributed by atoms with Gasteiger partial charge in [0, 0.05) is 44.9 Å². The van der Waals surface area contributed by atoms with Gasteiger partial charge in [0.2, 0.25) is 0 Å². The smallest absolute Gasteiger partial charge is 0.194 e. The van der Waals surface area contributed by atoms with Crippen LogP contribution in [-0.4, -0.2) is 27.4 Å². The highest BCUT2D eigenvalue weighted by Crippen LogP contribution is 2.28. The van der Waals surface area contributed by atoms with Crippen LogP contribution in [0.25, 0.3) is 15.4 Å². The molecule has 1 aromatic carbocycles. The predicted molar refractivity (Wildman–Crippen MR) is 90.8 cm³/mol. The first kappa shape index (κ1) is 14.4. The van der Waals surface area contributed by atoms with E-state index in [9.17, 15) is 4.39 Å². The summed E-state index contributed by atoms with van der Waals surface area (Å²) in [7, 11) is 0. The SMILES string of the molecule is Fc1ccc(-c2cn3cc(CN4CCC#CCC4)nc3s2)cc1. The summed E-state index contributed by atoms with van der Waals surface area (Å²) < 4.78 is 15.1. The summed E-state index contributed by atoms with van der Waals surface area (Å²) in [5, 5.41) is 0. The average molecular weight is 325 g/mol. The number of hydrogen-bond donors (Lipinski definition) is 0. The standard InChI is InChI=1S/C18H16FN3S/c19-15-7-5-14(6-8-15)17-13-22-12-16(20-18(22)23-17)11-21-9-3-1-2-4-10-21/h5-8,12-13H,3-4,9-11H2. The Kier molecular flexibility index (Phi) is 3.86. The molecule has 116 valence electrons. The quantitative estimate of drug-likeness (QED) is 0.683. The molecule has 0 N–H and O–H groups in total. The zero-order valence-electron chi connectivity index (χ0n) is 12.6. The molecule has 5 heteroatoms. The third kappa shape index (κ3) is 3.14. The highest BCUT2D eigenvalue weighted by molar-refractivity contribution is 7.20. The summed E-state index contributed by atoms with van der Waals surface area (Å²) in [6.07, 6.45) is 6.04. The summed E-state index contributed by atoms with van der Waals surface area (Å²) in [5.41, 5.74) is 2.11. The first-order valence-corrected chi connectivity index (χ1v) is 8.51. The lowest BCUT2D eigenvalue weighted by atomic mass is 10.2. The van der Waals surface area contributed by atoms with E-state index in [1.165, 1.54) is 12.1 Å². The molecule has 23 heavy (non-hydrogen) atoms. The van der Waals surface area contributed by atoms with E-state index in [0.717, 1.165) is 53.6 Å². The van der Waals surface area contributed by atoms with Crippen LogP contribution in [0.3, 0.4) is 0 Å². The van der Waals surface area contributed by atoms with Gasteiger partial charge in [-0.25, -0.2) is 9.37 Å². The van der Waals surface area contributed by atoms with E-state index in [1.54, 1.807) is 23.5 Å². The Morgan fingerprint density at radius 1 is 1.09 bits per heavy atom. The number of thiazole rings is 1. The molecule has 0 amide bonds. The van der Waals surface area contributed by atoms with Gasteiger partial charge in [-0.2, -0.15) is 0 Å². The Morgan fingerprint density at radius 3 is 2.52 bits per heavy atom. The Bertz CT molecular complexity index is 839. The second kappa shape index (κ2) is 6.15. The number of hydrogen-bond acceptors (Lipinski definition) is 3. The number of imidazole rings is 1. The van der Waals surface area contributed by atoms with Crippen LogP contribution in [0.15, 0.2) is 36.7 Å². The van der Waals surface area contributed by atoms with Gasteiger partial charge in [-0.1, -0.05) is 23.5 Å². The van der Waals surface area contributed by atoms with E-state index in [1.807, 2.05) is 0 Å². The van der Waals surface area contributed by atoms with Gasteiger partial charge >= 0.3 is 0 Å². The van der Waals surface area contributed by atoms with Crippen molar-refractivity contribution in [3.63, 3.8) is 0 Å². The Labute approximate surface area is 138 Å². The molecule has 1 aliphatic heterocycles. The number of nitrogens with zero attached hydrogens (tertiary/aromatic N) is 3. The maximum Gasteiger partial charge on any atom is 0.194 e. The molecule has 1 aliphatic rings. The molecular formula is C18H16FN3S. The molecule has 3 heterocycles. The lowest BCUT2D eigenvalue weighted by Crippen LogP contribution is -2.24. The van der Waals surface area contributed by atoms with E-state index in [-0.39, 0.29) is 5.82 Å². The Hall–Kier alpha value is -2.16. The second-order valence-electron chi connectivity index (χ2n) is 5.65. The van der Waals surface area contributed by atoms with Crippen LogP contribution in [-0.2, 0) is 6.54 Å². The third-order valence-corrected chi connectivity index (χ3v) is 5.00. The van der Waals surface area contributed by atoms with Crippen LogP contribution in [0, 0.1) is 17.7 Å². The molecule has 4 rings (SSSR count). The van der Waals surface area contributed by atoms with Gasteiger partial charge < -0.3 is 0 Å². The van der Waals surface area contributed by atoms with Crippen LogP contribution in [0.1, 0.15) is 18.5 Å². The largest absolute Gasteiger partial charge is 0.297 e. The molecule has 3 nitrogen and oxygen atoms in total. The molecule has 0 fully saturated rings. The summed E-state index contributed by atoms with van der Waals surface area (Å²) in [5.74, 6) is 6.14. The van der Waals surface area contributed by atoms with Crippen molar-refractivity contribution in [2.45, 2.75) is 19.4 Å². The van der Waals surface area contributed by atoms with Gasteiger partial charge in [0.1, 0.15) is 5.82 Å². The normalized spacial score (nSPS) is 15.3. The lowest BCUT2D eigenvalue weighted by Gasteiger charge is -2.17. The van der Waals surface area contributed by atoms with Crippen molar-refractivity contribution in [3.05, 3.63) is 48.2 Å². The summed E-state index contributed by atoms with van der Waals surface area (Å²) in [4.78, 5) is 9.19. The van der Waals surface area contributed by atoms with Gasteiger partial charge in [-0.15, -0.1) is 11.8 Å². The van der Waals surface area contributed by atoms with E-state index < -0.39 is 0 Å². The van der Waals surface area contributed by atoms with Gasteiger partial charge in [-0.05, 0) is 17.7 Å². The highest BCUT2D eigenvalue weighted by atomic mass is 32.1. The molecule has 0 aliphatic carbocycles. The van der Waals surface area contributed by atoms with Crippen molar-refractivity contribution in [1.29, 1.82) is 0 Å². The fourth-order valence-corrected chi connectivity index (χ4v) is 3.76. The van der Waals surface area contributed by atoms with Gasteiger partial charge in [-0.3, -0.25) is 9.30 Å². The molecule has 0 unspecified atom stereocenters. The lowest BCUT2D eigenvalue weighted by molar-refractivity contribution is 0.279. The molecule has 0 spiro atoms. The second-order valence-corrected chi connectivity index (χ2v) is 6.66. The van der Waals surface area contributed by atoms with E-state index in [4.69, 9.17) is 4.98 Å². The third-order valence-electron chi connectivity index (χ3n) is 3.95. The number of rotatable bonds is 3. The van der Waals surface area contributed by atoms with Crippen LogP contribution in [0.4, 0.5) is 4.39 Å². The molecule has 0 bridgehead atoms.